The molecule has 1 amide bonds. The Balaban J connectivity index is 1.82. The summed E-state index contributed by atoms with van der Waals surface area (Å²) in [6, 6.07) is 9.97. The lowest BCUT2D eigenvalue weighted by Gasteiger charge is -2.35. The van der Waals surface area contributed by atoms with E-state index in [2.05, 4.69) is 33.2 Å². The number of thioether (sulfide) groups is 1. The van der Waals surface area contributed by atoms with Crippen LogP contribution in [-0.2, 0) is 4.79 Å². The Kier molecular flexibility index (Phi) is 5.33. The molecule has 0 bridgehead atoms. The summed E-state index contributed by atoms with van der Waals surface area (Å²) in [5.41, 5.74) is 0.806. The van der Waals surface area contributed by atoms with Crippen LogP contribution in [-0.4, -0.2) is 34.7 Å². The minimum absolute atomic E-state index is 0.261. The summed E-state index contributed by atoms with van der Waals surface area (Å²) in [6.45, 7) is 2.93. The number of nitrogens with one attached hydrogen (secondary N) is 2. The van der Waals surface area contributed by atoms with Crippen molar-refractivity contribution in [2.75, 3.05) is 23.0 Å². The number of carbonyl (C=O) groups is 1. The number of fused-ring (bicyclic) bond motifs is 1. The summed E-state index contributed by atoms with van der Waals surface area (Å²) in [4.78, 5) is 36.4. The Labute approximate surface area is 173 Å². The van der Waals surface area contributed by atoms with Gasteiger partial charge in [0.05, 0.1) is 11.6 Å². The van der Waals surface area contributed by atoms with E-state index in [9.17, 15) is 14.9 Å². The van der Waals surface area contributed by atoms with Crippen LogP contribution in [0, 0.1) is 17.2 Å². The van der Waals surface area contributed by atoms with Gasteiger partial charge in [0, 0.05) is 23.4 Å². The molecule has 2 aliphatic rings. The highest BCUT2D eigenvalue weighted by Gasteiger charge is 2.40. The predicted molar refractivity (Wildman–Crippen MR) is 113 cm³/mol. The molecule has 0 saturated carbocycles. The number of nitrogens with zero attached hydrogens (tertiary/aromatic N) is 3. The normalized spacial score (nSPS) is 23.8. The number of aromatic amines is 1. The third kappa shape index (κ3) is 3.51. The molecule has 1 saturated heterocycles. The Morgan fingerprint density at radius 1 is 1.24 bits per heavy atom. The molecule has 1 aromatic heterocycles. The van der Waals surface area contributed by atoms with Gasteiger partial charge in [-0.3, -0.25) is 14.6 Å². The molecule has 2 N–H and O–H groups in total. The van der Waals surface area contributed by atoms with Crippen molar-refractivity contribution in [2.45, 2.75) is 43.0 Å². The van der Waals surface area contributed by atoms with Crippen molar-refractivity contribution >= 4 is 29.4 Å². The van der Waals surface area contributed by atoms with Gasteiger partial charge in [-0.15, -0.1) is 11.8 Å². The molecule has 29 heavy (non-hydrogen) atoms. The summed E-state index contributed by atoms with van der Waals surface area (Å²) < 4.78 is 0. The fourth-order valence-electron chi connectivity index (χ4n) is 4.22. The number of anilines is 2. The van der Waals surface area contributed by atoms with Gasteiger partial charge < -0.3 is 10.2 Å². The second-order valence-corrected chi connectivity index (χ2v) is 8.42. The van der Waals surface area contributed by atoms with Crippen molar-refractivity contribution in [3.63, 3.8) is 0 Å². The van der Waals surface area contributed by atoms with Gasteiger partial charge >= 0.3 is 0 Å². The molecule has 150 valence electrons. The summed E-state index contributed by atoms with van der Waals surface area (Å²) in [5, 5.41) is 12.3. The van der Waals surface area contributed by atoms with Crippen LogP contribution in [0.3, 0.4) is 0 Å². The van der Waals surface area contributed by atoms with E-state index in [0.717, 1.165) is 36.3 Å². The monoisotopic (exact) mass is 409 g/mol. The molecule has 8 heteroatoms. The molecular weight excluding hydrogens is 386 g/mol. The Morgan fingerprint density at radius 3 is 2.66 bits per heavy atom. The van der Waals surface area contributed by atoms with Crippen molar-refractivity contribution in [3.8, 4) is 6.07 Å². The molecule has 2 aliphatic heterocycles. The van der Waals surface area contributed by atoms with Gasteiger partial charge in [0.1, 0.15) is 11.7 Å². The van der Waals surface area contributed by atoms with E-state index in [-0.39, 0.29) is 17.4 Å². The highest BCUT2D eigenvalue weighted by molar-refractivity contribution is 7.98. The van der Waals surface area contributed by atoms with Crippen LogP contribution in [0.2, 0.25) is 0 Å². The van der Waals surface area contributed by atoms with Crippen LogP contribution in [0.4, 0.5) is 11.8 Å². The SMILES string of the molecule is CSc1ccc(C2c3c(nc(N4CCCCC4C)[nH]c3=O)NC(=O)C2C#N)cc1. The van der Waals surface area contributed by atoms with Crippen molar-refractivity contribution < 1.29 is 4.79 Å². The summed E-state index contributed by atoms with van der Waals surface area (Å²) in [6.07, 6.45) is 5.21. The molecule has 2 aromatic rings. The van der Waals surface area contributed by atoms with E-state index in [1.807, 2.05) is 30.5 Å². The first-order valence-electron chi connectivity index (χ1n) is 9.78. The zero-order valence-corrected chi connectivity index (χ0v) is 17.3. The second kappa shape index (κ2) is 7.91. The second-order valence-electron chi connectivity index (χ2n) is 7.54. The average molecular weight is 410 g/mol. The molecule has 7 nitrogen and oxygen atoms in total. The van der Waals surface area contributed by atoms with Crippen molar-refractivity contribution in [2.24, 2.45) is 5.92 Å². The van der Waals surface area contributed by atoms with Gasteiger partial charge in [-0.05, 0) is 50.1 Å². The fourth-order valence-corrected chi connectivity index (χ4v) is 4.63. The van der Waals surface area contributed by atoms with Gasteiger partial charge in [0.15, 0.2) is 0 Å². The van der Waals surface area contributed by atoms with Gasteiger partial charge in [-0.2, -0.15) is 10.2 Å². The van der Waals surface area contributed by atoms with E-state index < -0.39 is 17.7 Å². The highest BCUT2D eigenvalue weighted by atomic mass is 32.2. The van der Waals surface area contributed by atoms with Crippen LogP contribution in [0.1, 0.15) is 43.2 Å². The summed E-state index contributed by atoms with van der Waals surface area (Å²) >= 11 is 1.61. The zero-order chi connectivity index (χ0) is 20.5. The van der Waals surface area contributed by atoms with Crippen LogP contribution in [0.25, 0.3) is 0 Å². The van der Waals surface area contributed by atoms with E-state index >= 15 is 0 Å². The van der Waals surface area contributed by atoms with Gasteiger partial charge in [0.2, 0.25) is 11.9 Å². The standard InChI is InChI=1S/C21H23N5O2S/c1-12-5-3-4-10-26(12)21-24-18-17(20(28)25-21)16(15(11-22)19(27)23-18)13-6-8-14(29-2)9-7-13/h6-9,12,15-16H,3-5,10H2,1-2H3,(H2,23,24,25,27,28). The number of rotatable bonds is 3. The maximum Gasteiger partial charge on any atom is 0.258 e. The lowest BCUT2D eigenvalue weighted by molar-refractivity contribution is -0.119. The maximum atomic E-state index is 13.1. The average Bonchev–Trinajstić information content (AvgIpc) is 2.73. The zero-order valence-electron chi connectivity index (χ0n) is 16.4. The van der Waals surface area contributed by atoms with Crippen LogP contribution < -0.4 is 15.8 Å². The number of carbonyl (C=O) groups excluding carboxylic acids is 1. The molecule has 1 fully saturated rings. The van der Waals surface area contributed by atoms with E-state index in [4.69, 9.17) is 0 Å². The summed E-state index contributed by atoms with van der Waals surface area (Å²) in [5.74, 6) is -1.31. The molecular formula is C21H23N5O2S. The fraction of sp³-hybridized carbons (Fsp3) is 0.429. The number of aromatic nitrogens is 2. The van der Waals surface area contributed by atoms with Gasteiger partial charge in [0.25, 0.3) is 5.56 Å². The molecule has 1 aromatic carbocycles. The first kappa shape index (κ1) is 19.5. The molecule has 3 heterocycles. The van der Waals surface area contributed by atoms with Crippen molar-refractivity contribution in [3.05, 3.63) is 45.7 Å². The number of hydrogen-bond acceptors (Lipinski definition) is 6. The van der Waals surface area contributed by atoms with Crippen LogP contribution in [0.5, 0.6) is 0 Å². The third-order valence-electron chi connectivity index (χ3n) is 5.80. The molecule has 0 aliphatic carbocycles. The number of amides is 1. The molecule has 0 radical (unpaired) electrons. The number of H-pyrrole nitrogens is 1. The van der Waals surface area contributed by atoms with Gasteiger partial charge in [-0.25, -0.2) is 0 Å². The molecule has 3 unspecified atom stereocenters. The minimum Gasteiger partial charge on any atom is -0.340 e. The highest BCUT2D eigenvalue weighted by Crippen LogP contribution is 2.38. The quantitative estimate of drug-likeness (QED) is 0.756. The number of benzene rings is 1. The number of nitriles is 1. The first-order chi connectivity index (χ1) is 14.0. The maximum absolute atomic E-state index is 13.1. The lowest BCUT2D eigenvalue weighted by Crippen LogP contribution is -2.42. The van der Waals surface area contributed by atoms with Crippen LogP contribution >= 0.6 is 11.8 Å². The topological polar surface area (TPSA) is 102 Å². The van der Waals surface area contributed by atoms with E-state index in [1.54, 1.807) is 11.8 Å². The van der Waals surface area contributed by atoms with Crippen LogP contribution in [0.15, 0.2) is 34.0 Å². The van der Waals surface area contributed by atoms with E-state index in [0.29, 0.717) is 11.5 Å². The predicted octanol–water partition coefficient (Wildman–Crippen LogP) is 3.09. The smallest absolute Gasteiger partial charge is 0.258 e. The Morgan fingerprint density at radius 2 is 2.00 bits per heavy atom. The lowest BCUT2D eigenvalue weighted by atomic mass is 9.79. The van der Waals surface area contributed by atoms with Crippen molar-refractivity contribution in [1.29, 1.82) is 5.26 Å². The van der Waals surface area contributed by atoms with Crippen molar-refractivity contribution in [1.82, 2.24) is 9.97 Å². The molecule has 0 spiro atoms. The number of hydrogen-bond donors (Lipinski definition) is 2. The Hall–Kier alpha value is -2.79. The number of piperidine rings is 1. The first-order valence-corrected chi connectivity index (χ1v) is 11.0. The molecule has 3 atom stereocenters. The van der Waals surface area contributed by atoms with E-state index in [1.165, 1.54) is 0 Å². The third-order valence-corrected chi connectivity index (χ3v) is 6.54. The minimum atomic E-state index is -0.981. The van der Waals surface area contributed by atoms with Gasteiger partial charge in [-0.1, -0.05) is 12.1 Å². The largest absolute Gasteiger partial charge is 0.340 e. The Bertz CT molecular complexity index is 1030. The molecule has 4 rings (SSSR count). The summed E-state index contributed by atoms with van der Waals surface area (Å²) in [7, 11) is 0.